The maximum absolute atomic E-state index is 12.5. The molecule has 0 spiro atoms. The Hall–Kier alpha value is -1.31. The van der Waals surface area contributed by atoms with Crippen molar-refractivity contribution in [2.45, 2.75) is 39.7 Å². The highest BCUT2D eigenvalue weighted by molar-refractivity contribution is 5.96. The van der Waals surface area contributed by atoms with Crippen LogP contribution in [0.15, 0.2) is 30.3 Å². The highest BCUT2D eigenvalue weighted by Crippen LogP contribution is 2.42. The monoisotopic (exact) mass is 245 g/mol. The molecule has 18 heavy (non-hydrogen) atoms. The molecular weight excluding hydrogens is 222 g/mol. The third kappa shape index (κ3) is 1.75. The third-order valence-electron chi connectivity index (χ3n) is 4.28. The molecule has 0 aromatic heterocycles. The van der Waals surface area contributed by atoms with Crippen LogP contribution in [0.25, 0.3) is 0 Å². The standard InChI is InChI=1S/C16H23NO/c1-12(2)16(13(3)4)15(18)10-11-17(16)14-8-6-5-7-9-14/h5-9,12-13H,10-11H2,1-4H3. The number of hydrogen-bond donors (Lipinski definition) is 0. The Bertz CT molecular complexity index is 414. The van der Waals surface area contributed by atoms with Gasteiger partial charge >= 0.3 is 0 Å². The second-order valence-electron chi connectivity index (χ2n) is 5.80. The van der Waals surface area contributed by atoms with E-state index >= 15 is 0 Å². The summed E-state index contributed by atoms with van der Waals surface area (Å²) >= 11 is 0. The Balaban J connectivity index is 2.50. The zero-order valence-electron chi connectivity index (χ0n) is 11.8. The molecule has 0 N–H and O–H groups in total. The first-order valence-electron chi connectivity index (χ1n) is 6.87. The molecular formula is C16H23NO. The summed E-state index contributed by atoms with van der Waals surface area (Å²) < 4.78 is 0. The van der Waals surface area contributed by atoms with E-state index in [1.54, 1.807) is 0 Å². The number of Topliss-reactive ketones (excluding diaryl/α,β-unsaturated/α-hetero) is 1. The smallest absolute Gasteiger partial charge is 0.160 e. The summed E-state index contributed by atoms with van der Waals surface area (Å²) in [5.41, 5.74) is 0.840. The van der Waals surface area contributed by atoms with E-state index in [-0.39, 0.29) is 5.54 Å². The van der Waals surface area contributed by atoms with Crippen LogP contribution in [0, 0.1) is 11.8 Å². The number of benzene rings is 1. The van der Waals surface area contributed by atoms with E-state index in [2.05, 4.69) is 44.7 Å². The van der Waals surface area contributed by atoms with Crippen LogP contribution in [-0.2, 0) is 4.79 Å². The Morgan fingerprint density at radius 1 is 1.06 bits per heavy atom. The van der Waals surface area contributed by atoms with Gasteiger partial charge in [-0.15, -0.1) is 0 Å². The van der Waals surface area contributed by atoms with Crippen molar-refractivity contribution in [3.8, 4) is 0 Å². The minimum absolute atomic E-state index is 0.327. The second kappa shape index (κ2) is 4.75. The highest BCUT2D eigenvalue weighted by Gasteiger charge is 2.52. The van der Waals surface area contributed by atoms with Crippen molar-refractivity contribution >= 4 is 11.5 Å². The van der Waals surface area contributed by atoms with Crippen LogP contribution in [-0.4, -0.2) is 17.9 Å². The first-order chi connectivity index (χ1) is 8.51. The largest absolute Gasteiger partial charge is 0.358 e. The molecule has 1 fully saturated rings. The topological polar surface area (TPSA) is 20.3 Å². The summed E-state index contributed by atoms with van der Waals surface area (Å²) in [5.74, 6) is 1.05. The molecule has 1 saturated heterocycles. The van der Waals surface area contributed by atoms with Crippen molar-refractivity contribution in [2.75, 3.05) is 11.4 Å². The lowest BCUT2D eigenvalue weighted by molar-refractivity contribution is -0.124. The molecule has 2 rings (SSSR count). The molecule has 0 radical (unpaired) electrons. The van der Waals surface area contributed by atoms with E-state index in [0.717, 1.165) is 6.54 Å². The van der Waals surface area contributed by atoms with E-state index in [4.69, 9.17) is 0 Å². The Kier molecular flexibility index (Phi) is 3.47. The predicted molar refractivity (Wildman–Crippen MR) is 75.8 cm³/mol. The maximum Gasteiger partial charge on any atom is 0.160 e. The van der Waals surface area contributed by atoms with Crippen LogP contribution >= 0.6 is 0 Å². The lowest BCUT2D eigenvalue weighted by Gasteiger charge is -2.45. The number of ketones is 1. The average molecular weight is 245 g/mol. The highest BCUT2D eigenvalue weighted by atomic mass is 16.1. The molecule has 1 heterocycles. The van der Waals surface area contributed by atoms with Crippen LogP contribution in [0.5, 0.6) is 0 Å². The number of hydrogen-bond acceptors (Lipinski definition) is 2. The Labute approximate surface area is 110 Å². The SMILES string of the molecule is CC(C)C1(C(C)C)C(=O)CCN1c1ccccc1. The number of para-hydroxylation sites is 1. The molecule has 2 heteroatoms. The van der Waals surface area contributed by atoms with Gasteiger partial charge in [-0.2, -0.15) is 0 Å². The molecule has 0 unspecified atom stereocenters. The average Bonchev–Trinajstić information content (AvgIpc) is 2.68. The van der Waals surface area contributed by atoms with Crippen LogP contribution in [0.4, 0.5) is 5.69 Å². The van der Waals surface area contributed by atoms with Crippen molar-refractivity contribution in [3.63, 3.8) is 0 Å². The van der Waals surface area contributed by atoms with Crippen molar-refractivity contribution in [1.82, 2.24) is 0 Å². The summed E-state index contributed by atoms with van der Waals surface area (Å²) in [5, 5.41) is 0. The molecule has 98 valence electrons. The minimum Gasteiger partial charge on any atom is -0.358 e. The van der Waals surface area contributed by atoms with Gasteiger partial charge in [-0.25, -0.2) is 0 Å². The molecule has 0 amide bonds. The van der Waals surface area contributed by atoms with E-state index < -0.39 is 0 Å². The lowest BCUT2D eigenvalue weighted by atomic mass is 9.74. The number of nitrogens with zero attached hydrogens (tertiary/aromatic N) is 1. The Morgan fingerprint density at radius 3 is 2.11 bits per heavy atom. The number of rotatable bonds is 3. The zero-order valence-corrected chi connectivity index (χ0v) is 11.8. The van der Waals surface area contributed by atoms with Crippen LogP contribution in [0.2, 0.25) is 0 Å². The molecule has 1 aromatic rings. The molecule has 0 aliphatic carbocycles. The maximum atomic E-state index is 12.5. The number of anilines is 1. The first-order valence-corrected chi connectivity index (χ1v) is 6.87. The van der Waals surface area contributed by atoms with Gasteiger partial charge in [0.25, 0.3) is 0 Å². The van der Waals surface area contributed by atoms with Gasteiger partial charge in [0.15, 0.2) is 5.78 Å². The van der Waals surface area contributed by atoms with Gasteiger partial charge in [-0.05, 0) is 24.0 Å². The normalized spacial score (nSPS) is 19.0. The van der Waals surface area contributed by atoms with Gasteiger partial charge < -0.3 is 4.90 Å². The summed E-state index contributed by atoms with van der Waals surface area (Å²) in [6, 6.07) is 10.3. The van der Waals surface area contributed by atoms with Crippen LogP contribution in [0.3, 0.4) is 0 Å². The third-order valence-corrected chi connectivity index (χ3v) is 4.28. The van der Waals surface area contributed by atoms with Crippen LogP contribution < -0.4 is 4.90 Å². The van der Waals surface area contributed by atoms with Crippen molar-refractivity contribution < 1.29 is 4.79 Å². The quantitative estimate of drug-likeness (QED) is 0.812. The molecule has 1 aromatic carbocycles. The van der Waals surface area contributed by atoms with Gasteiger partial charge in [0.05, 0.1) is 0 Å². The minimum atomic E-state index is -0.332. The fraction of sp³-hybridized carbons (Fsp3) is 0.562. The van der Waals surface area contributed by atoms with E-state index in [9.17, 15) is 4.79 Å². The van der Waals surface area contributed by atoms with Gasteiger partial charge in [0, 0.05) is 18.7 Å². The van der Waals surface area contributed by atoms with Crippen LogP contribution in [0.1, 0.15) is 34.1 Å². The zero-order chi connectivity index (χ0) is 13.3. The lowest BCUT2D eigenvalue weighted by Crippen LogP contribution is -2.56. The number of carbonyl (C=O) groups is 1. The van der Waals surface area contributed by atoms with Crippen molar-refractivity contribution in [3.05, 3.63) is 30.3 Å². The predicted octanol–water partition coefficient (Wildman–Crippen LogP) is 3.52. The molecule has 0 bridgehead atoms. The molecule has 0 atom stereocenters. The van der Waals surface area contributed by atoms with Gasteiger partial charge in [-0.3, -0.25) is 4.79 Å². The first kappa shape index (κ1) is 13.1. The van der Waals surface area contributed by atoms with Crippen molar-refractivity contribution in [2.24, 2.45) is 11.8 Å². The number of carbonyl (C=O) groups excluding carboxylic acids is 1. The summed E-state index contributed by atoms with van der Waals surface area (Å²) in [6.07, 6.45) is 0.672. The van der Waals surface area contributed by atoms with Gasteiger partial charge in [-0.1, -0.05) is 45.9 Å². The Morgan fingerprint density at radius 2 is 1.61 bits per heavy atom. The van der Waals surface area contributed by atoms with E-state index in [1.165, 1.54) is 5.69 Å². The van der Waals surface area contributed by atoms with Gasteiger partial charge in [0.2, 0.25) is 0 Å². The molecule has 0 saturated carbocycles. The second-order valence-corrected chi connectivity index (χ2v) is 5.80. The fourth-order valence-electron chi connectivity index (χ4n) is 3.63. The summed E-state index contributed by atoms with van der Waals surface area (Å²) in [7, 11) is 0. The van der Waals surface area contributed by atoms with E-state index in [1.807, 2.05) is 18.2 Å². The van der Waals surface area contributed by atoms with Gasteiger partial charge in [0.1, 0.15) is 5.54 Å². The molecule has 2 nitrogen and oxygen atoms in total. The summed E-state index contributed by atoms with van der Waals surface area (Å²) in [4.78, 5) is 14.8. The molecule has 1 aliphatic rings. The summed E-state index contributed by atoms with van der Waals surface area (Å²) in [6.45, 7) is 9.51. The fourth-order valence-corrected chi connectivity index (χ4v) is 3.63. The molecule has 1 aliphatic heterocycles. The van der Waals surface area contributed by atoms with E-state index in [0.29, 0.717) is 24.0 Å². The van der Waals surface area contributed by atoms with Crippen molar-refractivity contribution in [1.29, 1.82) is 0 Å².